The Bertz CT molecular complexity index is 819. The summed E-state index contributed by atoms with van der Waals surface area (Å²) in [6.07, 6.45) is 5.36. The number of benzene rings is 1. The first kappa shape index (κ1) is 15.9. The molecule has 0 saturated carbocycles. The molecule has 25 heavy (non-hydrogen) atoms. The fraction of sp³-hybridized carbons (Fsp3) is 0.263. The molecule has 0 radical (unpaired) electrons. The minimum atomic E-state index is -0.228. The second-order valence-electron chi connectivity index (χ2n) is 6.09. The molecule has 0 bridgehead atoms. The minimum Gasteiger partial charge on any atom is -0.371 e. The van der Waals surface area contributed by atoms with Gasteiger partial charge in [-0.1, -0.05) is 12.1 Å². The van der Waals surface area contributed by atoms with E-state index in [0.717, 1.165) is 29.9 Å². The van der Waals surface area contributed by atoms with Gasteiger partial charge in [-0.05, 0) is 35.9 Å². The van der Waals surface area contributed by atoms with E-state index >= 15 is 0 Å². The number of halogens is 1. The number of hydrogen-bond acceptors (Lipinski definition) is 4. The van der Waals surface area contributed by atoms with Gasteiger partial charge in [-0.15, -0.1) is 0 Å². The van der Waals surface area contributed by atoms with Crippen LogP contribution in [0.1, 0.15) is 11.7 Å². The molecule has 4 rings (SSSR count). The van der Waals surface area contributed by atoms with E-state index in [1.165, 1.54) is 12.1 Å². The summed E-state index contributed by atoms with van der Waals surface area (Å²) in [5.41, 5.74) is 3.08. The lowest BCUT2D eigenvalue weighted by Gasteiger charge is -2.33. The lowest BCUT2D eigenvalue weighted by molar-refractivity contribution is -0.0414. The third-order valence-electron chi connectivity index (χ3n) is 4.40. The molecule has 0 aliphatic carbocycles. The van der Waals surface area contributed by atoms with Crippen LogP contribution in [0.5, 0.6) is 0 Å². The van der Waals surface area contributed by atoms with Crippen LogP contribution in [0.25, 0.3) is 11.3 Å². The summed E-state index contributed by atoms with van der Waals surface area (Å²) in [7, 11) is 0. The molecule has 128 valence electrons. The van der Waals surface area contributed by atoms with E-state index in [1.54, 1.807) is 24.5 Å². The van der Waals surface area contributed by atoms with Crippen molar-refractivity contribution in [3.63, 3.8) is 0 Å². The quantitative estimate of drug-likeness (QED) is 0.733. The molecular weight excluding hydrogens is 319 g/mol. The van der Waals surface area contributed by atoms with Gasteiger partial charge in [0.25, 0.3) is 0 Å². The van der Waals surface area contributed by atoms with Gasteiger partial charge in [0, 0.05) is 37.2 Å². The smallest absolute Gasteiger partial charge is 0.123 e. The molecule has 3 aromatic rings. The van der Waals surface area contributed by atoms with Crippen LogP contribution < -0.4 is 0 Å². The van der Waals surface area contributed by atoms with Gasteiger partial charge in [-0.3, -0.25) is 14.6 Å². The molecule has 5 nitrogen and oxygen atoms in total. The van der Waals surface area contributed by atoms with Crippen molar-refractivity contribution in [1.82, 2.24) is 19.7 Å². The lowest BCUT2D eigenvalue weighted by Crippen LogP contribution is -2.39. The maximum atomic E-state index is 13.1. The number of nitrogens with zero attached hydrogens (tertiary/aromatic N) is 4. The zero-order valence-electron chi connectivity index (χ0n) is 13.8. The normalized spacial score (nSPS) is 18.4. The highest BCUT2D eigenvalue weighted by Gasteiger charge is 2.23. The maximum absolute atomic E-state index is 13.1. The van der Waals surface area contributed by atoms with E-state index in [1.807, 2.05) is 29.1 Å². The van der Waals surface area contributed by atoms with E-state index < -0.39 is 0 Å². The first-order valence-corrected chi connectivity index (χ1v) is 8.31. The number of morpholine rings is 1. The molecule has 0 amide bonds. The molecule has 3 heterocycles. The molecule has 1 fully saturated rings. The summed E-state index contributed by atoms with van der Waals surface area (Å²) in [6, 6.07) is 12.5. The Hall–Kier alpha value is -2.57. The minimum absolute atomic E-state index is 0.0493. The monoisotopic (exact) mass is 338 g/mol. The van der Waals surface area contributed by atoms with Crippen LogP contribution in [-0.2, 0) is 11.4 Å². The molecular formula is C19H19FN4O. The molecule has 6 heteroatoms. The van der Waals surface area contributed by atoms with Crippen molar-refractivity contribution in [2.75, 3.05) is 19.7 Å². The summed E-state index contributed by atoms with van der Waals surface area (Å²) in [6.45, 7) is 2.91. The van der Waals surface area contributed by atoms with Crippen LogP contribution in [0.4, 0.5) is 4.39 Å². The van der Waals surface area contributed by atoms with Crippen molar-refractivity contribution in [2.24, 2.45) is 0 Å². The first-order valence-electron chi connectivity index (χ1n) is 8.31. The average molecular weight is 338 g/mol. The predicted octanol–water partition coefficient (Wildman–Crippen LogP) is 3.12. The Morgan fingerprint density at radius 1 is 1.12 bits per heavy atom. The summed E-state index contributed by atoms with van der Waals surface area (Å²) in [4.78, 5) is 6.48. The third-order valence-corrected chi connectivity index (χ3v) is 4.40. The van der Waals surface area contributed by atoms with Gasteiger partial charge in [0.1, 0.15) is 5.82 Å². The molecule has 1 aromatic carbocycles. The molecule has 1 atom stereocenters. The Kier molecular flexibility index (Phi) is 4.54. The number of rotatable bonds is 4. The van der Waals surface area contributed by atoms with Crippen molar-refractivity contribution in [3.05, 3.63) is 72.4 Å². The van der Waals surface area contributed by atoms with Gasteiger partial charge in [0.05, 0.1) is 25.1 Å². The van der Waals surface area contributed by atoms with Gasteiger partial charge in [-0.25, -0.2) is 4.39 Å². The molecule has 0 spiro atoms. The summed E-state index contributed by atoms with van der Waals surface area (Å²) >= 11 is 0. The van der Waals surface area contributed by atoms with Gasteiger partial charge in [-0.2, -0.15) is 5.10 Å². The highest BCUT2D eigenvalue weighted by molar-refractivity contribution is 5.57. The molecule has 1 aliphatic heterocycles. The second-order valence-corrected chi connectivity index (χ2v) is 6.09. The van der Waals surface area contributed by atoms with Crippen molar-refractivity contribution in [3.8, 4) is 11.3 Å². The van der Waals surface area contributed by atoms with E-state index in [0.29, 0.717) is 13.3 Å². The zero-order valence-corrected chi connectivity index (χ0v) is 13.8. The molecule has 2 aromatic heterocycles. The van der Waals surface area contributed by atoms with E-state index in [2.05, 4.69) is 15.0 Å². The van der Waals surface area contributed by atoms with Crippen molar-refractivity contribution >= 4 is 0 Å². The molecule has 1 saturated heterocycles. The summed E-state index contributed by atoms with van der Waals surface area (Å²) < 4.78 is 21.0. The van der Waals surface area contributed by atoms with Crippen molar-refractivity contribution in [1.29, 1.82) is 0 Å². The predicted molar refractivity (Wildman–Crippen MR) is 92.1 cm³/mol. The number of hydrogen-bond donors (Lipinski definition) is 0. The highest BCUT2D eigenvalue weighted by atomic mass is 19.1. The van der Waals surface area contributed by atoms with Gasteiger partial charge in [0.2, 0.25) is 0 Å². The maximum Gasteiger partial charge on any atom is 0.123 e. The Morgan fingerprint density at radius 2 is 2.00 bits per heavy atom. The van der Waals surface area contributed by atoms with Crippen LogP contribution in [0.2, 0.25) is 0 Å². The number of pyridine rings is 1. The fourth-order valence-corrected chi connectivity index (χ4v) is 3.10. The first-order chi connectivity index (χ1) is 12.3. The lowest BCUT2D eigenvalue weighted by atomic mass is 10.1. The second kappa shape index (κ2) is 7.13. The third kappa shape index (κ3) is 3.60. The zero-order chi connectivity index (χ0) is 17.1. The standard InChI is InChI=1S/C19H19FN4O/c20-17-5-3-15(4-6-17)19-13-23(10-11-25-19)14-24-18(7-9-22-24)16-2-1-8-21-12-16/h1-9,12,19H,10-11,13-14H2. The fourth-order valence-electron chi connectivity index (χ4n) is 3.10. The Morgan fingerprint density at radius 3 is 2.80 bits per heavy atom. The van der Waals surface area contributed by atoms with Crippen molar-refractivity contribution < 1.29 is 9.13 Å². The topological polar surface area (TPSA) is 43.2 Å². The van der Waals surface area contributed by atoms with E-state index in [-0.39, 0.29) is 11.9 Å². The van der Waals surface area contributed by atoms with Crippen LogP contribution in [0.15, 0.2) is 61.1 Å². The highest BCUT2D eigenvalue weighted by Crippen LogP contribution is 2.24. The van der Waals surface area contributed by atoms with Crippen molar-refractivity contribution in [2.45, 2.75) is 12.8 Å². The summed E-state index contributed by atoms with van der Waals surface area (Å²) in [5, 5.41) is 4.45. The summed E-state index contributed by atoms with van der Waals surface area (Å²) in [5.74, 6) is -0.228. The van der Waals surface area contributed by atoms with E-state index in [4.69, 9.17) is 4.74 Å². The largest absolute Gasteiger partial charge is 0.371 e. The van der Waals surface area contributed by atoms with Crippen LogP contribution in [0.3, 0.4) is 0 Å². The Labute approximate surface area is 145 Å². The van der Waals surface area contributed by atoms with Gasteiger partial charge < -0.3 is 4.74 Å². The SMILES string of the molecule is Fc1ccc(C2CN(Cn3nccc3-c3cccnc3)CCO2)cc1. The van der Waals surface area contributed by atoms with E-state index in [9.17, 15) is 4.39 Å². The molecule has 1 unspecified atom stereocenters. The Balaban J connectivity index is 1.48. The van der Waals surface area contributed by atoms with Crippen LogP contribution in [0, 0.1) is 5.82 Å². The number of ether oxygens (including phenoxy) is 1. The van der Waals surface area contributed by atoms with Gasteiger partial charge >= 0.3 is 0 Å². The molecule has 0 N–H and O–H groups in total. The van der Waals surface area contributed by atoms with Gasteiger partial charge in [0.15, 0.2) is 0 Å². The molecule has 1 aliphatic rings. The average Bonchev–Trinajstić information content (AvgIpc) is 3.11. The van der Waals surface area contributed by atoms with Crippen LogP contribution in [-0.4, -0.2) is 39.4 Å². The number of aromatic nitrogens is 3. The van der Waals surface area contributed by atoms with Crippen LogP contribution >= 0.6 is 0 Å².